The third kappa shape index (κ3) is 5.18. The molecule has 0 fully saturated rings. The Labute approximate surface area is 219 Å². The van der Waals surface area contributed by atoms with Gasteiger partial charge < -0.3 is 4.18 Å². The minimum atomic E-state index is -4.06. The first-order valence-corrected chi connectivity index (χ1v) is 13.9. The molecule has 188 valence electrons. The Balaban J connectivity index is 1.44. The maximum absolute atomic E-state index is 14.6. The fourth-order valence-corrected chi connectivity index (χ4v) is 6.34. The fraction of sp³-hybridized carbons (Fsp3) is 0.0769. The van der Waals surface area contributed by atoms with Crippen molar-refractivity contribution in [3.63, 3.8) is 0 Å². The van der Waals surface area contributed by atoms with Crippen LogP contribution in [0.3, 0.4) is 0 Å². The molecule has 0 saturated carbocycles. The molecule has 0 bridgehead atoms. The summed E-state index contributed by atoms with van der Waals surface area (Å²) < 4.78 is 60.1. The molecular weight excluding hydrogens is 542 g/mol. The lowest BCUT2D eigenvalue weighted by Crippen LogP contribution is -2.23. The van der Waals surface area contributed by atoms with E-state index >= 15 is 0 Å². The van der Waals surface area contributed by atoms with E-state index in [1.54, 1.807) is 54.6 Å². The van der Waals surface area contributed by atoms with Crippen LogP contribution in [0.2, 0.25) is 5.02 Å². The Morgan fingerprint density at radius 1 is 0.919 bits per heavy atom. The molecule has 1 aromatic heterocycles. The van der Waals surface area contributed by atoms with Gasteiger partial charge in [-0.1, -0.05) is 59.8 Å². The van der Waals surface area contributed by atoms with Gasteiger partial charge in [0.15, 0.2) is 10.9 Å². The second kappa shape index (κ2) is 10.1. The normalized spacial score (nSPS) is 11.8. The Morgan fingerprint density at radius 3 is 2.38 bits per heavy atom. The number of para-hydroxylation sites is 1. The van der Waals surface area contributed by atoms with Gasteiger partial charge in [-0.15, -0.1) is 0 Å². The van der Waals surface area contributed by atoms with Crippen molar-refractivity contribution in [1.82, 2.24) is 9.55 Å². The van der Waals surface area contributed by atoms with Gasteiger partial charge in [0.1, 0.15) is 11.6 Å². The highest BCUT2D eigenvalue weighted by molar-refractivity contribution is 8.00. The third-order valence-electron chi connectivity index (χ3n) is 5.51. The summed E-state index contributed by atoms with van der Waals surface area (Å²) in [7, 11) is -4.06. The highest BCUT2D eigenvalue weighted by Gasteiger charge is 2.20. The highest BCUT2D eigenvalue weighted by Crippen LogP contribution is 2.32. The standard InChI is InChI=1S/C26H17ClF2N2O4S2/c27-20-10-12-24(18-6-2-1-5-17(18)20)35-37(33,34)14-13-36-26-30-22-8-4-3-7-19(22)25(32)31(26)23-11-9-16(28)15-21(23)29/h1-12,15H,13-14H2. The molecule has 0 aliphatic heterocycles. The van der Waals surface area contributed by atoms with E-state index in [9.17, 15) is 22.0 Å². The molecule has 0 radical (unpaired) electrons. The van der Waals surface area contributed by atoms with Crippen molar-refractivity contribution < 1.29 is 21.4 Å². The van der Waals surface area contributed by atoms with Crippen LogP contribution >= 0.6 is 23.4 Å². The SMILES string of the molecule is O=c1c2ccccc2nc(SCCS(=O)(=O)Oc2ccc(Cl)c3ccccc23)n1-c1ccc(F)cc1F. The first-order valence-electron chi connectivity index (χ1n) is 10.9. The lowest BCUT2D eigenvalue weighted by molar-refractivity contribution is 0.490. The molecule has 11 heteroatoms. The molecule has 37 heavy (non-hydrogen) atoms. The summed E-state index contributed by atoms with van der Waals surface area (Å²) in [5.74, 6) is -2.09. The van der Waals surface area contributed by atoms with E-state index in [-0.39, 0.29) is 27.7 Å². The summed E-state index contributed by atoms with van der Waals surface area (Å²) in [4.78, 5) is 17.7. The van der Waals surface area contributed by atoms with Gasteiger partial charge in [-0.25, -0.2) is 13.8 Å². The van der Waals surface area contributed by atoms with Crippen LogP contribution in [0.5, 0.6) is 5.75 Å². The van der Waals surface area contributed by atoms with Gasteiger partial charge in [-0.05, 0) is 36.4 Å². The quantitative estimate of drug-likeness (QED) is 0.139. The van der Waals surface area contributed by atoms with Crippen molar-refractivity contribution in [3.05, 3.63) is 106 Å². The molecule has 0 atom stereocenters. The van der Waals surface area contributed by atoms with Crippen LogP contribution < -0.4 is 9.74 Å². The van der Waals surface area contributed by atoms with Crippen molar-refractivity contribution in [2.45, 2.75) is 5.16 Å². The van der Waals surface area contributed by atoms with Gasteiger partial charge in [0.05, 0.1) is 22.3 Å². The molecule has 0 aliphatic rings. The Bertz CT molecular complexity index is 1830. The lowest BCUT2D eigenvalue weighted by atomic mass is 10.1. The monoisotopic (exact) mass is 558 g/mol. The van der Waals surface area contributed by atoms with Crippen LogP contribution in [-0.2, 0) is 10.1 Å². The van der Waals surface area contributed by atoms with E-state index in [1.807, 2.05) is 0 Å². The molecule has 0 amide bonds. The predicted octanol–water partition coefficient (Wildman–Crippen LogP) is 5.97. The van der Waals surface area contributed by atoms with Crippen molar-refractivity contribution in [3.8, 4) is 11.4 Å². The predicted molar refractivity (Wildman–Crippen MR) is 141 cm³/mol. The minimum absolute atomic E-state index is 0.0541. The van der Waals surface area contributed by atoms with E-state index in [2.05, 4.69) is 4.98 Å². The first-order chi connectivity index (χ1) is 17.7. The number of hydrogen-bond acceptors (Lipinski definition) is 6. The summed E-state index contributed by atoms with van der Waals surface area (Å²) in [6.07, 6.45) is 0. The number of rotatable bonds is 7. The minimum Gasteiger partial charge on any atom is -0.382 e. The number of hydrogen-bond donors (Lipinski definition) is 0. The Morgan fingerprint density at radius 2 is 1.62 bits per heavy atom. The summed E-state index contributed by atoms with van der Waals surface area (Å²) in [5.41, 5.74) is -0.398. The zero-order valence-electron chi connectivity index (χ0n) is 18.9. The second-order valence-corrected chi connectivity index (χ2v) is 11.1. The van der Waals surface area contributed by atoms with Crippen LogP contribution in [0.15, 0.2) is 88.8 Å². The van der Waals surface area contributed by atoms with E-state index in [1.165, 1.54) is 6.07 Å². The first kappa shape index (κ1) is 25.2. The average Bonchev–Trinajstić information content (AvgIpc) is 2.87. The van der Waals surface area contributed by atoms with Crippen molar-refractivity contribution in [1.29, 1.82) is 0 Å². The van der Waals surface area contributed by atoms with Gasteiger partial charge in [0.25, 0.3) is 5.56 Å². The van der Waals surface area contributed by atoms with E-state index in [4.69, 9.17) is 15.8 Å². The number of aromatic nitrogens is 2. The molecule has 0 N–H and O–H groups in total. The largest absolute Gasteiger partial charge is 0.382 e. The number of fused-ring (bicyclic) bond motifs is 2. The maximum atomic E-state index is 14.6. The van der Waals surface area contributed by atoms with E-state index in [0.717, 1.165) is 28.5 Å². The third-order valence-corrected chi connectivity index (χ3v) is 8.17. The van der Waals surface area contributed by atoms with E-state index in [0.29, 0.717) is 27.4 Å². The Hall–Kier alpha value is -3.47. The molecule has 5 aromatic rings. The topological polar surface area (TPSA) is 78.3 Å². The van der Waals surface area contributed by atoms with Gasteiger partial charge >= 0.3 is 10.1 Å². The molecule has 0 saturated heterocycles. The number of nitrogens with zero attached hydrogens (tertiary/aromatic N) is 2. The fourth-order valence-electron chi connectivity index (χ4n) is 3.81. The molecule has 6 nitrogen and oxygen atoms in total. The average molecular weight is 559 g/mol. The van der Waals surface area contributed by atoms with Crippen LogP contribution in [-0.4, -0.2) is 29.5 Å². The molecule has 0 aliphatic carbocycles. The number of benzene rings is 4. The van der Waals surface area contributed by atoms with Crippen molar-refractivity contribution in [2.75, 3.05) is 11.5 Å². The second-order valence-electron chi connectivity index (χ2n) is 7.93. The highest BCUT2D eigenvalue weighted by atomic mass is 35.5. The summed E-state index contributed by atoms with van der Waals surface area (Å²) >= 11 is 7.14. The van der Waals surface area contributed by atoms with Crippen LogP contribution in [0, 0.1) is 11.6 Å². The Kier molecular flexibility index (Phi) is 6.89. The molecule has 5 rings (SSSR count). The molecule has 1 heterocycles. The van der Waals surface area contributed by atoms with Crippen LogP contribution in [0.1, 0.15) is 0 Å². The van der Waals surface area contributed by atoms with Crippen LogP contribution in [0.4, 0.5) is 8.78 Å². The van der Waals surface area contributed by atoms with Crippen LogP contribution in [0.25, 0.3) is 27.4 Å². The smallest absolute Gasteiger partial charge is 0.310 e. The van der Waals surface area contributed by atoms with Crippen molar-refractivity contribution >= 4 is 55.2 Å². The van der Waals surface area contributed by atoms with Gasteiger partial charge in [0.2, 0.25) is 0 Å². The summed E-state index contributed by atoms with van der Waals surface area (Å²) in [6, 6.07) is 19.4. The number of halogens is 3. The molecule has 4 aromatic carbocycles. The lowest BCUT2D eigenvalue weighted by Gasteiger charge is -2.14. The molecular formula is C26H17ClF2N2O4S2. The summed E-state index contributed by atoms with van der Waals surface area (Å²) in [5, 5.41) is 1.95. The van der Waals surface area contributed by atoms with E-state index < -0.39 is 33.1 Å². The summed E-state index contributed by atoms with van der Waals surface area (Å²) in [6.45, 7) is 0. The zero-order valence-corrected chi connectivity index (χ0v) is 21.3. The molecule has 0 spiro atoms. The van der Waals surface area contributed by atoms with Gasteiger partial charge in [-0.3, -0.25) is 9.36 Å². The maximum Gasteiger partial charge on any atom is 0.310 e. The zero-order chi connectivity index (χ0) is 26.2. The van der Waals surface area contributed by atoms with Gasteiger partial charge in [-0.2, -0.15) is 8.42 Å². The van der Waals surface area contributed by atoms with Gasteiger partial charge in [0, 0.05) is 27.6 Å². The number of thioether (sulfide) groups is 1. The van der Waals surface area contributed by atoms with Crippen molar-refractivity contribution in [2.24, 2.45) is 0 Å². The molecule has 0 unspecified atom stereocenters.